The zero-order chi connectivity index (χ0) is 25.2. The summed E-state index contributed by atoms with van der Waals surface area (Å²) in [4.78, 5) is 16.9. The van der Waals surface area contributed by atoms with Gasteiger partial charge in [-0.2, -0.15) is 13.2 Å². The predicted molar refractivity (Wildman–Crippen MR) is 128 cm³/mol. The SMILES string of the molecule is Cc1c(OCC2CCOC2)ccc([C@@H](C)N2CCN(C(=O)c3ccc(C(F)(F)F)cc3)CC2)c1C. The van der Waals surface area contributed by atoms with Gasteiger partial charge in [0.2, 0.25) is 0 Å². The van der Waals surface area contributed by atoms with E-state index in [2.05, 4.69) is 31.7 Å². The van der Waals surface area contributed by atoms with Crippen LogP contribution in [-0.2, 0) is 10.9 Å². The molecular weight excluding hydrogens is 457 g/mol. The van der Waals surface area contributed by atoms with Crippen LogP contribution in [0.2, 0.25) is 0 Å². The van der Waals surface area contributed by atoms with Crippen LogP contribution in [0.5, 0.6) is 5.75 Å². The molecule has 0 aliphatic carbocycles. The van der Waals surface area contributed by atoms with Crippen LogP contribution in [0.15, 0.2) is 36.4 Å². The Labute approximate surface area is 204 Å². The maximum Gasteiger partial charge on any atom is 0.416 e. The molecule has 5 nitrogen and oxygen atoms in total. The Morgan fingerprint density at radius 2 is 1.74 bits per heavy atom. The number of ether oxygens (including phenoxy) is 2. The first kappa shape index (κ1) is 25.5. The summed E-state index contributed by atoms with van der Waals surface area (Å²) in [5.41, 5.74) is 3.12. The van der Waals surface area contributed by atoms with Gasteiger partial charge in [-0.05, 0) is 74.2 Å². The molecule has 0 spiro atoms. The molecule has 2 atom stereocenters. The van der Waals surface area contributed by atoms with Crippen LogP contribution in [0, 0.1) is 19.8 Å². The molecule has 2 aromatic carbocycles. The molecule has 2 saturated heterocycles. The van der Waals surface area contributed by atoms with E-state index in [1.807, 2.05) is 6.07 Å². The lowest BCUT2D eigenvalue weighted by atomic mass is 9.96. The highest BCUT2D eigenvalue weighted by atomic mass is 19.4. The number of carbonyl (C=O) groups excluding carboxylic acids is 1. The molecule has 2 aliphatic heterocycles. The third-order valence-electron chi connectivity index (χ3n) is 7.34. The number of piperazine rings is 1. The lowest BCUT2D eigenvalue weighted by Gasteiger charge is -2.39. The lowest BCUT2D eigenvalue weighted by molar-refractivity contribution is -0.137. The summed E-state index contributed by atoms with van der Waals surface area (Å²) in [6.45, 7) is 11.1. The van der Waals surface area contributed by atoms with Crippen LogP contribution in [0.3, 0.4) is 0 Å². The second-order valence-electron chi connectivity index (χ2n) is 9.52. The van der Waals surface area contributed by atoms with Crippen molar-refractivity contribution < 1.29 is 27.4 Å². The van der Waals surface area contributed by atoms with Crippen molar-refractivity contribution in [1.82, 2.24) is 9.80 Å². The van der Waals surface area contributed by atoms with Crippen LogP contribution >= 0.6 is 0 Å². The molecule has 0 aromatic heterocycles. The Morgan fingerprint density at radius 1 is 1.06 bits per heavy atom. The molecule has 1 unspecified atom stereocenters. The minimum Gasteiger partial charge on any atom is -0.493 e. The minimum atomic E-state index is -4.41. The maximum atomic E-state index is 12.8. The minimum absolute atomic E-state index is 0.175. The van der Waals surface area contributed by atoms with E-state index < -0.39 is 11.7 Å². The molecule has 4 rings (SSSR count). The second-order valence-corrected chi connectivity index (χ2v) is 9.52. The molecule has 0 radical (unpaired) electrons. The standard InChI is InChI=1S/C27H33F3N2O3/c1-18-19(2)25(35-17-21-10-15-34-16-21)9-8-24(18)20(3)31-11-13-32(14-12-31)26(33)22-4-6-23(7-5-22)27(28,29)30/h4-9,20-21H,10-17H2,1-3H3/t20-,21?/m1/s1. The molecule has 0 bridgehead atoms. The van der Waals surface area contributed by atoms with Gasteiger partial charge in [-0.15, -0.1) is 0 Å². The van der Waals surface area contributed by atoms with Crippen molar-refractivity contribution in [3.05, 3.63) is 64.2 Å². The average Bonchev–Trinajstić information content (AvgIpc) is 3.37. The predicted octanol–water partition coefficient (Wildman–Crippen LogP) is 5.26. The molecule has 1 amide bonds. The third-order valence-corrected chi connectivity index (χ3v) is 7.34. The fourth-order valence-corrected chi connectivity index (χ4v) is 4.84. The smallest absolute Gasteiger partial charge is 0.416 e. The summed E-state index contributed by atoms with van der Waals surface area (Å²) >= 11 is 0. The van der Waals surface area contributed by atoms with E-state index in [0.717, 1.165) is 43.1 Å². The van der Waals surface area contributed by atoms with Crippen molar-refractivity contribution in [2.45, 2.75) is 39.4 Å². The first-order valence-corrected chi connectivity index (χ1v) is 12.2. The quantitative estimate of drug-likeness (QED) is 0.554. The molecule has 2 heterocycles. The number of carbonyl (C=O) groups is 1. The van der Waals surface area contributed by atoms with Gasteiger partial charge in [0.15, 0.2) is 0 Å². The highest BCUT2D eigenvalue weighted by Crippen LogP contribution is 2.32. The highest BCUT2D eigenvalue weighted by molar-refractivity contribution is 5.94. The average molecular weight is 491 g/mol. The first-order chi connectivity index (χ1) is 16.6. The van der Waals surface area contributed by atoms with E-state index in [1.54, 1.807) is 4.90 Å². The number of halogens is 3. The Kier molecular flexibility index (Phi) is 7.71. The van der Waals surface area contributed by atoms with Gasteiger partial charge in [0.05, 0.1) is 18.8 Å². The molecule has 2 aliphatic rings. The molecular formula is C27H33F3N2O3. The van der Waals surface area contributed by atoms with E-state index in [-0.39, 0.29) is 17.5 Å². The number of benzene rings is 2. The largest absolute Gasteiger partial charge is 0.493 e. The summed E-state index contributed by atoms with van der Waals surface area (Å²) < 4.78 is 49.9. The summed E-state index contributed by atoms with van der Waals surface area (Å²) in [7, 11) is 0. The monoisotopic (exact) mass is 490 g/mol. The topological polar surface area (TPSA) is 42.0 Å². The van der Waals surface area contributed by atoms with Gasteiger partial charge in [0.25, 0.3) is 5.91 Å². The lowest BCUT2D eigenvalue weighted by Crippen LogP contribution is -2.49. The van der Waals surface area contributed by atoms with Gasteiger partial charge in [-0.3, -0.25) is 9.69 Å². The van der Waals surface area contributed by atoms with E-state index in [0.29, 0.717) is 38.7 Å². The number of hydrogen-bond donors (Lipinski definition) is 0. The zero-order valence-corrected chi connectivity index (χ0v) is 20.5. The van der Waals surface area contributed by atoms with Gasteiger partial charge in [-0.1, -0.05) is 6.07 Å². The van der Waals surface area contributed by atoms with Crippen LogP contribution in [0.4, 0.5) is 13.2 Å². The maximum absolute atomic E-state index is 12.8. The van der Waals surface area contributed by atoms with Gasteiger partial charge in [0, 0.05) is 50.3 Å². The zero-order valence-electron chi connectivity index (χ0n) is 20.5. The van der Waals surface area contributed by atoms with Crippen molar-refractivity contribution in [2.24, 2.45) is 5.92 Å². The number of amides is 1. The third kappa shape index (κ3) is 5.81. The normalized spacial score (nSPS) is 20.2. The van der Waals surface area contributed by atoms with Crippen LogP contribution < -0.4 is 4.74 Å². The molecule has 0 N–H and O–H groups in total. The van der Waals surface area contributed by atoms with E-state index in [9.17, 15) is 18.0 Å². The molecule has 35 heavy (non-hydrogen) atoms. The van der Waals surface area contributed by atoms with E-state index in [4.69, 9.17) is 9.47 Å². The Balaban J connectivity index is 1.35. The molecule has 190 valence electrons. The van der Waals surface area contributed by atoms with Crippen molar-refractivity contribution >= 4 is 5.91 Å². The van der Waals surface area contributed by atoms with E-state index in [1.165, 1.54) is 23.3 Å². The highest BCUT2D eigenvalue weighted by Gasteiger charge is 2.31. The summed E-state index contributed by atoms with van der Waals surface area (Å²) in [6, 6.07) is 8.80. The van der Waals surface area contributed by atoms with E-state index >= 15 is 0 Å². The van der Waals surface area contributed by atoms with Crippen molar-refractivity contribution in [2.75, 3.05) is 46.0 Å². The molecule has 0 saturated carbocycles. The van der Waals surface area contributed by atoms with Crippen molar-refractivity contribution in [3.8, 4) is 5.75 Å². The molecule has 2 fully saturated rings. The molecule has 8 heteroatoms. The van der Waals surface area contributed by atoms with Crippen LogP contribution in [0.1, 0.15) is 52.0 Å². The Hall–Kier alpha value is -2.58. The van der Waals surface area contributed by atoms with Crippen molar-refractivity contribution in [3.63, 3.8) is 0 Å². The fraction of sp³-hybridized carbons (Fsp3) is 0.519. The Bertz CT molecular complexity index is 1030. The summed E-state index contributed by atoms with van der Waals surface area (Å²) in [5.74, 6) is 1.14. The number of rotatable bonds is 6. The number of nitrogens with zero attached hydrogens (tertiary/aromatic N) is 2. The van der Waals surface area contributed by atoms with Crippen LogP contribution in [-0.4, -0.2) is 61.7 Å². The number of hydrogen-bond acceptors (Lipinski definition) is 4. The van der Waals surface area contributed by atoms with Gasteiger partial charge in [0.1, 0.15) is 5.75 Å². The van der Waals surface area contributed by atoms with Gasteiger partial charge >= 0.3 is 6.18 Å². The summed E-state index contributed by atoms with van der Waals surface area (Å²) in [6.07, 6.45) is -3.37. The van der Waals surface area contributed by atoms with Crippen LogP contribution in [0.25, 0.3) is 0 Å². The van der Waals surface area contributed by atoms with Gasteiger partial charge < -0.3 is 14.4 Å². The first-order valence-electron chi connectivity index (χ1n) is 12.2. The number of alkyl halides is 3. The Morgan fingerprint density at radius 3 is 2.34 bits per heavy atom. The fourth-order valence-electron chi connectivity index (χ4n) is 4.84. The summed E-state index contributed by atoms with van der Waals surface area (Å²) in [5, 5.41) is 0. The van der Waals surface area contributed by atoms with Gasteiger partial charge in [-0.25, -0.2) is 0 Å². The van der Waals surface area contributed by atoms with Crippen molar-refractivity contribution in [1.29, 1.82) is 0 Å². The second kappa shape index (κ2) is 10.6. The molecule has 2 aromatic rings.